The molecule has 132 valence electrons. The number of amides is 1. The van der Waals surface area contributed by atoms with Gasteiger partial charge in [0.15, 0.2) is 9.84 Å². The summed E-state index contributed by atoms with van der Waals surface area (Å²) >= 11 is 0. The summed E-state index contributed by atoms with van der Waals surface area (Å²) in [6.07, 6.45) is 1.74. The monoisotopic (exact) mass is 362 g/mol. The molecular weight excluding hydrogens is 343 g/mol. The zero-order valence-electron chi connectivity index (χ0n) is 13.8. The molecule has 0 saturated heterocycles. The van der Waals surface area contributed by atoms with Gasteiger partial charge < -0.3 is 10.6 Å². The van der Waals surface area contributed by atoms with Crippen LogP contribution in [0.25, 0.3) is 0 Å². The number of nitrogens with one attached hydrogen (secondary N) is 2. The molecule has 0 fully saturated rings. The van der Waals surface area contributed by atoms with Crippen LogP contribution in [0.5, 0.6) is 0 Å². The summed E-state index contributed by atoms with van der Waals surface area (Å²) in [5, 5.41) is 5.77. The molecule has 5 nitrogen and oxygen atoms in total. The number of anilines is 1. The first-order valence-electron chi connectivity index (χ1n) is 7.92. The van der Waals surface area contributed by atoms with Gasteiger partial charge in [0.1, 0.15) is 5.82 Å². The van der Waals surface area contributed by atoms with E-state index in [1.165, 1.54) is 12.1 Å². The largest absolute Gasteiger partial charge is 0.319 e. The van der Waals surface area contributed by atoms with Crippen LogP contribution in [0.15, 0.2) is 36.4 Å². The molecule has 0 radical (unpaired) electrons. The fourth-order valence-electron chi connectivity index (χ4n) is 2.88. The van der Waals surface area contributed by atoms with Crippen molar-refractivity contribution in [3.05, 3.63) is 64.5 Å². The Hall–Kier alpha value is -2.25. The van der Waals surface area contributed by atoms with Crippen LogP contribution in [0.3, 0.4) is 0 Å². The van der Waals surface area contributed by atoms with Crippen molar-refractivity contribution in [3.8, 4) is 0 Å². The molecule has 0 unspecified atom stereocenters. The number of fused-ring (bicyclic) bond motifs is 1. The molecule has 2 aromatic rings. The summed E-state index contributed by atoms with van der Waals surface area (Å²) < 4.78 is 37.2. The smallest absolute Gasteiger partial charge is 0.255 e. The Balaban J connectivity index is 1.76. The Morgan fingerprint density at radius 1 is 1.20 bits per heavy atom. The van der Waals surface area contributed by atoms with Crippen molar-refractivity contribution in [1.29, 1.82) is 0 Å². The van der Waals surface area contributed by atoms with Crippen LogP contribution in [-0.2, 0) is 28.6 Å². The zero-order chi connectivity index (χ0) is 18.0. The second-order valence-electron chi connectivity index (χ2n) is 6.21. The second kappa shape index (κ2) is 6.93. The molecule has 0 aromatic heterocycles. The van der Waals surface area contributed by atoms with Crippen molar-refractivity contribution < 1.29 is 17.6 Å². The number of hydrogen-bond donors (Lipinski definition) is 2. The first-order valence-corrected chi connectivity index (χ1v) is 9.98. The quantitative estimate of drug-likeness (QED) is 0.875. The molecule has 2 aromatic carbocycles. The van der Waals surface area contributed by atoms with Gasteiger partial charge in [-0.05, 0) is 47.9 Å². The highest BCUT2D eigenvalue weighted by molar-refractivity contribution is 7.89. The third-order valence-corrected chi connectivity index (χ3v) is 4.96. The number of rotatable bonds is 4. The lowest BCUT2D eigenvalue weighted by molar-refractivity contribution is 0.102. The van der Waals surface area contributed by atoms with Crippen LogP contribution in [0.4, 0.5) is 10.1 Å². The third-order valence-electron chi connectivity index (χ3n) is 4.10. The summed E-state index contributed by atoms with van der Waals surface area (Å²) in [4.78, 5) is 12.3. The molecule has 0 atom stereocenters. The van der Waals surface area contributed by atoms with Crippen LogP contribution in [0.2, 0.25) is 0 Å². The van der Waals surface area contributed by atoms with Gasteiger partial charge in [0.25, 0.3) is 5.91 Å². The molecule has 25 heavy (non-hydrogen) atoms. The maximum absolute atomic E-state index is 14.6. The van der Waals surface area contributed by atoms with Crippen LogP contribution in [-0.4, -0.2) is 27.1 Å². The number of hydrogen-bond acceptors (Lipinski definition) is 4. The molecule has 2 N–H and O–H groups in total. The van der Waals surface area contributed by atoms with Gasteiger partial charge in [0, 0.05) is 18.4 Å². The van der Waals surface area contributed by atoms with E-state index in [1.807, 2.05) is 6.07 Å². The van der Waals surface area contributed by atoms with E-state index in [2.05, 4.69) is 10.6 Å². The van der Waals surface area contributed by atoms with Gasteiger partial charge in [-0.3, -0.25) is 4.79 Å². The number of carbonyl (C=O) groups excluding carboxylic acids is 1. The van der Waals surface area contributed by atoms with Crippen LogP contribution in [0.1, 0.15) is 27.0 Å². The average Bonchev–Trinajstić information content (AvgIpc) is 2.57. The minimum Gasteiger partial charge on any atom is -0.319 e. The first-order chi connectivity index (χ1) is 11.8. The summed E-state index contributed by atoms with van der Waals surface area (Å²) in [5.74, 6) is -0.901. The maximum Gasteiger partial charge on any atom is 0.255 e. The lowest BCUT2D eigenvalue weighted by Gasteiger charge is -2.19. The topological polar surface area (TPSA) is 75.3 Å². The predicted octanol–water partition coefficient (Wildman–Crippen LogP) is 2.27. The maximum atomic E-state index is 14.6. The zero-order valence-corrected chi connectivity index (χ0v) is 14.6. The van der Waals surface area contributed by atoms with Crippen molar-refractivity contribution in [2.24, 2.45) is 0 Å². The minimum absolute atomic E-state index is 0.0810. The number of benzene rings is 2. The molecule has 3 rings (SSSR count). The van der Waals surface area contributed by atoms with Gasteiger partial charge in [-0.1, -0.05) is 18.2 Å². The summed E-state index contributed by atoms with van der Waals surface area (Å²) in [5.41, 5.74) is 2.65. The predicted molar refractivity (Wildman–Crippen MR) is 94.8 cm³/mol. The molecule has 1 amide bonds. The highest BCUT2D eigenvalue weighted by Gasteiger charge is 2.18. The van der Waals surface area contributed by atoms with Gasteiger partial charge in [0.05, 0.1) is 11.4 Å². The first kappa shape index (κ1) is 17.6. The van der Waals surface area contributed by atoms with Crippen LogP contribution >= 0.6 is 0 Å². The Morgan fingerprint density at radius 3 is 2.60 bits per heavy atom. The third kappa shape index (κ3) is 4.24. The second-order valence-corrected chi connectivity index (χ2v) is 8.35. The van der Waals surface area contributed by atoms with Crippen molar-refractivity contribution in [3.63, 3.8) is 0 Å². The van der Waals surface area contributed by atoms with Crippen LogP contribution < -0.4 is 10.6 Å². The van der Waals surface area contributed by atoms with Gasteiger partial charge in [-0.15, -0.1) is 0 Å². The standard InChI is InChI=1S/C18H19FN2O3S/c1-25(23,24)11-12-2-4-13(5-3-12)18(22)21-16-7-6-14-10-20-9-8-15(14)17(16)19/h2-7,20H,8-11H2,1H3,(H,21,22). The SMILES string of the molecule is CS(=O)(=O)Cc1ccc(C(=O)Nc2ccc3c(c2F)CCNC3)cc1. The lowest BCUT2D eigenvalue weighted by atomic mass is 9.99. The molecule has 1 aliphatic heterocycles. The highest BCUT2D eigenvalue weighted by atomic mass is 32.2. The van der Waals surface area contributed by atoms with Crippen molar-refractivity contribution in [2.75, 3.05) is 18.1 Å². The molecule has 0 spiro atoms. The van der Waals surface area contributed by atoms with E-state index in [9.17, 15) is 17.6 Å². The number of sulfone groups is 1. The van der Waals surface area contributed by atoms with E-state index >= 15 is 0 Å². The summed E-state index contributed by atoms with van der Waals surface area (Å²) in [6, 6.07) is 9.63. The molecule has 0 saturated carbocycles. The number of carbonyl (C=O) groups is 1. The van der Waals surface area contributed by atoms with Gasteiger partial charge in [0.2, 0.25) is 0 Å². The van der Waals surface area contributed by atoms with E-state index < -0.39 is 15.7 Å². The van der Waals surface area contributed by atoms with E-state index in [4.69, 9.17) is 0 Å². The molecule has 0 aliphatic carbocycles. The van der Waals surface area contributed by atoms with Crippen molar-refractivity contribution >= 4 is 21.4 Å². The van der Waals surface area contributed by atoms with Crippen LogP contribution in [0, 0.1) is 5.82 Å². The van der Waals surface area contributed by atoms with E-state index in [0.29, 0.717) is 36.2 Å². The lowest BCUT2D eigenvalue weighted by Crippen LogP contribution is -2.25. The number of halogens is 1. The van der Waals surface area contributed by atoms with Gasteiger partial charge in [-0.25, -0.2) is 12.8 Å². The molecule has 7 heteroatoms. The fourth-order valence-corrected chi connectivity index (χ4v) is 3.68. The van der Waals surface area contributed by atoms with E-state index in [0.717, 1.165) is 11.8 Å². The molecule has 1 heterocycles. The molecule has 0 bridgehead atoms. The van der Waals surface area contributed by atoms with Gasteiger partial charge in [-0.2, -0.15) is 0 Å². The Bertz CT molecular complexity index is 909. The normalized spacial score (nSPS) is 14.0. The summed E-state index contributed by atoms with van der Waals surface area (Å²) in [6.45, 7) is 1.34. The Kier molecular flexibility index (Phi) is 4.87. The average molecular weight is 362 g/mol. The fraction of sp³-hybridized carbons (Fsp3) is 0.278. The summed E-state index contributed by atoms with van der Waals surface area (Å²) in [7, 11) is -3.13. The van der Waals surface area contributed by atoms with Crippen molar-refractivity contribution in [1.82, 2.24) is 5.32 Å². The highest BCUT2D eigenvalue weighted by Crippen LogP contribution is 2.25. The van der Waals surface area contributed by atoms with E-state index in [1.54, 1.807) is 18.2 Å². The van der Waals surface area contributed by atoms with Crippen molar-refractivity contribution in [2.45, 2.75) is 18.7 Å². The Morgan fingerprint density at radius 2 is 1.92 bits per heavy atom. The molecule has 1 aliphatic rings. The minimum atomic E-state index is -3.13. The van der Waals surface area contributed by atoms with Gasteiger partial charge >= 0.3 is 0 Å². The van der Waals surface area contributed by atoms with E-state index in [-0.39, 0.29) is 17.3 Å². The molecular formula is C18H19FN2O3S. The Labute approximate surface area is 146 Å².